The SMILES string of the molecule is CN1CNc2cc(C(N)=O)cc(OCCCN3CCOCC3)c21. The number of carbonyl (C=O) groups excluding carboxylic acids is 1. The molecule has 126 valence electrons. The van der Waals surface area contributed by atoms with Crippen molar-refractivity contribution in [3.05, 3.63) is 17.7 Å². The van der Waals surface area contributed by atoms with Crippen molar-refractivity contribution in [3.63, 3.8) is 0 Å². The summed E-state index contributed by atoms with van der Waals surface area (Å²) in [7, 11) is 1.99. The Kier molecular flexibility index (Phi) is 4.88. The molecular weight excluding hydrogens is 296 g/mol. The van der Waals surface area contributed by atoms with Gasteiger partial charge in [0.15, 0.2) is 0 Å². The minimum atomic E-state index is -0.442. The maximum Gasteiger partial charge on any atom is 0.248 e. The molecule has 23 heavy (non-hydrogen) atoms. The van der Waals surface area contributed by atoms with Crippen LogP contribution in [0.15, 0.2) is 12.1 Å². The smallest absolute Gasteiger partial charge is 0.248 e. The van der Waals surface area contributed by atoms with Crippen molar-refractivity contribution in [2.45, 2.75) is 6.42 Å². The van der Waals surface area contributed by atoms with Gasteiger partial charge in [0.1, 0.15) is 11.4 Å². The first-order chi connectivity index (χ1) is 11.1. The van der Waals surface area contributed by atoms with Gasteiger partial charge in [0.2, 0.25) is 5.91 Å². The van der Waals surface area contributed by atoms with E-state index in [9.17, 15) is 4.79 Å². The van der Waals surface area contributed by atoms with Crippen LogP contribution in [-0.2, 0) is 4.74 Å². The van der Waals surface area contributed by atoms with Crippen molar-refractivity contribution < 1.29 is 14.3 Å². The van der Waals surface area contributed by atoms with E-state index < -0.39 is 5.91 Å². The molecule has 7 heteroatoms. The molecule has 0 atom stereocenters. The molecule has 2 aliphatic rings. The van der Waals surface area contributed by atoms with E-state index in [0.717, 1.165) is 50.6 Å². The van der Waals surface area contributed by atoms with Crippen LogP contribution in [0.4, 0.5) is 11.4 Å². The number of nitrogens with one attached hydrogen (secondary N) is 1. The largest absolute Gasteiger partial charge is 0.491 e. The maximum atomic E-state index is 11.5. The highest BCUT2D eigenvalue weighted by Crippen LogP contribution is 2.40. The molecule has 0 spiro atoms. The monoisotopic (exact) mass is 320 g/mol. The number of primary amides is 1. The third-order valence-electron chi connectivity index (χ3n) is 4.23. The zero-order chi connectivity index (χ0) is 16.2. The van der Waals surface area contributed by atoms with Gasteiger partial charge in [-0.15, -0.1) is 0 Å². The van der Waals surface area contributed by atoms with E-state index in [-0.39, 0.29) is 0 Å². The highest BCUT2D eigenvalue weighted by Gasteiger charge is 2.22. The molecule has 2 aliphatic heterocycles. The molecule has 1 fully saturated rings. The summed E-state index contributed by atoms with van der Waals surface area (Å²) in [4.78, 5) is 15.9. The van der Waals surface area contributed by atoms with Crippen molar-refractivity contribution in [2.24, 2.45) is 5.73 Å². The van der Waals surface area contributed by atoms with Crippen LogP contribution in [0.25, 0.3) is 0 Å². The summed E-state index contributed by atoms with van der Waals surface area (Å²) in [6, 6.07) is 3.52. The van der Waals surface area contributed by atoms with Crippen molar-refractivity contribution in [1.29, 1.82) is 0 Å². The molecule has 0 aliphatic carbocycles. The van der Waals surface area contributed by atoms with Crippen LogP contribution in [0.1, 0.15) is 16.8 Å². The Hall–Kier alpha value is -1.99. The molecule has 3 rings (SSSR count). The number of hydrogen-bond donors (Lipinski definition) is 2. The predicted molar refractivity (Wildman–Crippen MR) is 89.2 cm³/mol. The second-order valence-electron chi connectivity index (χ2n) is 5.92. The minimum absolute atomic E-state index is 0.442. The highest BCUT2D eigenvalue weighted by molar-refractivity contribution is 5.97. The third kappa shape index (κ3) is 3.68. The van der Waals surface area contributed by atoms with Gasteiger partial charge in [0.05, 0.1) is 32.2 Å². The van der Waals surface area contributed by atoms with Crippen LogP contribution >= 0.6 is 0 Å². The lowest BCUT2D eigenvalue weighted by molar-refractivity contribution is 0.0358. The van der Waals surface area contributed by atoms with Crippen LogP contribution in [0.3, 0.4) is 0 Å². The zero-order valence-electron chi connectivity index (χ0n) is 13.5. The number of amides is 1. The molecule has 1 aromatic carbocycles. The van der Waals surface area contributed by atoms with Crippen LogP contribution in [-0.4, -0.2) is 64.0 Å². The summed E-state index contributed by atoms with van der Waals surface area (Å²) in [6.45, 7) is 5.89. The number of anilines is 2. The van der Waals surface area contributed by atoms with Crippen LogP contribution in [0.5, 0.6) is 5.75 Å². The van der Waals surface area contributed by atoms with Gasteiger partial charge in [-0.2, -0.15) is 0 Å². The van der Waals surface area contributed by atoms with E-state index >= 15 is 0 Å². The Balaban J connectivity index is 1.61. The summed E-state index contributed by atoms with van der Waals surface area (Å²) in [5, 5.41) is 3.24. The molecule has 0 bridgehead atoms. The molecule has 3 N–H and O–H groups in total. The first-order valence-electron chi connectivity index (χ1n) is 8.01. The normalized spacial score (nSPS) is 17.7. The van der Waals surface area contributed by atoms with E-state index in [1.54, 1.807) is 12.1 Å². The summed E-state index contributed by atoms with van der Waals surface area (Å²) >= 11 is 0. The molecule has 1 amide bonds. The van der Waals surface area contributed by atoms with Crippen LogP contribution < -0.4 is 20.7 Å². The van der Waals surface area contributed by atoms with Crippen LogP contribution in [0, 0.1) is 0 Å². The van der Waals surface area contributed by atoms with Gasteiger partial charge >= 0.3 is 0 Å². The number of morpholine rings is 1. The summed E-state index contributed by atoms with van der Waals surface area (Å²) in [6.07, 6.45) is 0.937. The van der Waals surface area contributed by atoms with Crippen molar-refractivity contribution in [2.75, 3.05) is 63.4 Å². The van der Waals surface area contributed by atoms with Crippen molar-refractivity contribution >= 4 is 17.3 Å². The fourth-order valence-corrected chi connectivity index (χ4v) is 2.97. The second-order valence-corrected chi connectivity index (χ2v) is 5.92. The lowest BCUT2D eigenvalue weighted by Crippen LogP contribution is -2.37. The predicted octanol–water partition coefficient (Wildman–Crippen LogP) is 0.706. The molecule has 1 saturated heterocycles. The van der Waals surface area contributed by atoms with Gasteiger partial charge in [0, 0.05) is 32.2 Å². The van der Waals surface area contributed by atoms with Crippen molar-refractivity contribution in [3.8, 4) is 5.75 Å². The number of carbonyl (C=O) groups is 1. The Labute approximate surface area is 136 Å². The summed E-state index contributed by atoms with van der Waals surface area (Å²) < 4.78 is 11.3. The lowest BCUT2D eigenvalue weighted by Gasteiger charge is -2.26. The number of nitrogens with two attached hydrogens (primary N) is 1. The number of ether oxygens (including phenoxy) is 2. The number of rotatable bonds is 6. The van der Waals surface area contributed by atoms with Gasteiger partial charge in [0.25, 0.3) is 0 Å². The first-order valence-corrected chi connectivity index (χ1v) is 8.01. The van der Waals surface area contributed by atoms with Gasteiger partial charge in [-0.3, -0.25) is 9.69 Å². The van der Waals surface area contributed by atoms with E-state index in [2.05, 4.69) is 15.1 Å². The molecule has 2 heterocycles. The van der Waals surface area contributed by atoms with Gasteiger partial charge < -0.3 is 25.4 Å². The molecule has 0 unspecified atom stereocenters. The minimum Gasteiger partial charge on any atom is -0.491 e. The Bertz CT molecular complexity index is 573. The molecule has 0 saturated carbocycles. The zero-order valence-corrected chi connectivity index (χ0v) is 13.5. The van der Waals surface area contributed by atoms with E-state index in [1.807, 2.05) is 7.05 Å². The molecular formula is C16H24N4O3. The average molecular weight is 320 g/mol. The quantitative estimate of drug-likeness (QED) is 0.751. The molecule has 0 aromatic heterocycles. The van der Waals surface area contributed by atoms with Gasteiger partial charge in [-0.1, -0.05) is 0 Å². The fourth-order valence-electron chi connectivity index (χ4n) is 2.97. The van der Waals surface area contributed by atoms with E-state index in [0.29, 0.717) is 24.6 Å². The number of benzene rings is 1. The summed E-state index contributed by atoms with van der Waals surface area (Å²) in [5.41, 5.74) is 7.76. The average Bonchev–Trinajstić information content (AvgIpc) is 2.94. The van der Waals surface area contributed by atoms with E-state index in [1.165, 1.54) is 0 Å². The standard InChI is InChI=1S/C16H24N4O3/c1-19-11-18-13-9-12(16(17)21)10-14(15(13)19)23-6-2-3-20-4-7-22-8-5-20/h9-10,18H,2-8,11H2,1H3,(H2,17,21). The third-order valence-corrected chi connectivity index (χ3v) is 4.23. The van der Waals surface area contributed by atoms with Gasteiger partial charge in [-0.25, -0.2) is 0 Å². The van der Waals surface area contributed by atoms with Crippen molar-refractivity contribution in [1.82, 2.24) is 4.90 Å². The number of fused-ring (bicyclic) bond motifs is 1. The molecule has 1 aromatic rings. The topological polar surface area (TPSA) is 80.1 Å². The number of nitrogens with zero attached hydrogens (tertiary/aromatic N) is 2. The maximum absolute atomic E-state index is 11.5. The Morgan fingerprint density at radius 3 is 2.91 bits per heavy atom. The van der Waals surface area contributed by atoms with Crippen LogP contribution in [0.2, 0.25) is 0 Å². The summed E-state index contributed by atoms with van der Waals surface area (Å²) in [5.74, 6) is 0.271. The van der Waals surface area contributed by atoms with Gasteiger partial charge in [-0.05, 0) is 18.6 Å². The lowest BCUT2D eigenvalue weighted by atomic mass is 10.1. The molecule has 0 radical (unpaired) electrons. The first kappa shape index (κ1) is 15.9. The second kappa shape index (κ2) is 7.06. The fraction of sp³-hybridized carbons (Fsp3) is 0.562. The van der Waals surface area contributed by atoms with E-state index in [4.69, 9.17) is 15.2 Å². The molecule has 7 nitrogen and oxygen atoms in total. The highest BCUT2D eigenvalue weighted by atomic mass is 16.5. The number of hydrogen-bond acceptors (Lipinski definition) is 6. The Morgan fingerprint density at radius 1 is 1.39 bits per heavy atom. The Morgan fingerprint density at radius 2 is 2.17 bits per heavy atom.